The number of benzene rings is 1. The Balaban J connectivity index is 2.23. The molecule has 0 saturated carbocycles. The van der Waals surface area contributed by atoms with Crippen LogP contribution in [-0.2, 0) is 0 Å². The van der Waals surface area contributed by atoms with E-state index in [0.29, 0.717) is 30.8 Å². The number of hydrogen-bond donors (Lipinski definition) is 1. The second kappa shape index (κ2) is 11.9. The van der Waals surface area contributed by atoms with Crippen molar-refractivity contribution in [2.75, 3.05) is 13.2 Å². The lowest BCUT2D eigenvalue weighted by molar-refractivity contribution is 0.276. The standard InChI is InChI=1S/C25H32O5/c1-5-6-7-8-15-28-24-23(29-16-14-19(4)11-9-10-18(2)3)21-13-12-20(26)17-22(21)30-25(24)27/h6-7,10,12-14,17,26H,5,8-9,11,15-16H2,1-4H3/b7-6?,19-14+. The molecule has 0 aliphatic heterocycles. The fourth-order valence-electron chi connectivity index (χ4n) is 2.88. The van der Waals surface area contributed by atoms with E-state index < -0.39 is 5.63 Å². The summed E-state index contributed by atoms with van der Waals surface area (Å²) in [6.07, 6.45) is 11.9. The van der Waals surface area contributed by atoms with Crippen molar-refractivity contribution in [1.29, 1.82) is 0 Å². The maximum absolute atomic E-state index is 12.5. The number of ether oxygens (including phenoxy) is 2. The van der Waals surface area contributed by atoms with Gasteiger partial charge in [-0.25, -0.2) is 4.79 Å². The average Bonchev–Trinajstić information content (AvgIpc) is 2.68. The number of rotatable bonds is 11. The Morgan fingerprint density at radius 2 is 1.87 bits per heavy atom. The Morgan fingerprint density at radius 1 is 1.07 bits per heavy atom. The van der Waals surface area contributed by atoms with Gasteiger partial charge in [0.1, 0.15) is 17.9 Å². The number of hydrogen-bond acceptors (Lipinski definition) is 5. The molecule has 0 fully saturated rings. The first-order valence-electron chi connectivity index (χ1n) is 10.4. The van der Waals surface area contributed by atoms with Crippen molar-refractivity contribution in [2.45, 2.75) is 53.4 Å². The number of phenols is 1. The zero-order valence-corrected chi connectivity index (χ0v) is 18.4. The van der Waals surface area contributed by atoms with E-state index in [4.69, 9.17) is 13.9 Å². The highest BCUT2D eigenvalue weighted by Crippen LogP contribution is 2.34. The topological polar surface area (TPSA) is 68.9 Å². The smallest absolute Gasteiger partial charge is 0.383 e. The molecule has 0 radical (unpaired) electrons. The van der Waals surface area contributed by atoms with Crippen molar-refractivity contribution in [1.82, 2.24) is 0 Å². The summed E-state index contributed by atoms with van der Waals surface area (Å²) in [6, 6.07) is 4.60. The van der Waals surface area contributed by atoms with Gasteiger partial charge in [-0.2, -0.15) is 0 Å². The fourth-order valence-corrected chi connectivity index (χ4v) is 2.88. The van der Waals surface area contributed by atoms with Crippen LogP contribution in [0.4, 0.5) is 0 Å². The molecule has 1 heterocycles. The first-order chi connectivity index (χ1) is 14.4. The highest BCUT2D eigenvalue weighted by molar-refractivity contribution is 5.86. The van der Waals surface area contributed by atoms with Crippen molar-refractivity contribution in [2.24, 2.45) is 0 Å². The van der Waals surface area contributed by atoms with Crippen molar-refractivity contribution in [3.05, 3.63) is 64.1 Å². The summed E-state index contributed by atoms with van der Waals surface area (Å²) in [7, 11) is 0. The molecule has 0 unspecified atom stereocenters. The molecule has 5 nitrogen and oxygen atoms in total. The molecule has 0 aliphatic carbocycles. The van der Waals surface area contributed by atoms with Gasteiger partial charge >= 0.3 is 5.63 Å². The van der Waals surface area contributed by atoms with Crippen LogP contribution in [0.1, 0.15) is 53.4 Å². The van der Waals surface area contributed by atoms with Gasteiger partial charge in [-0.05, 0) is 64.7 Å². The number of fused-ring (bicyclic) bond motifs is 1. The minimum absolute atomic E-state index is 0.0185. The van der Waals surface area contributed by atoms with Gasteiger partial charge in [0.25, 0.3) is 0 Å². The second-order valence-corrected chi connectivity index (χ2v) is 7.43. The molecule has 0 saturated heterocycles. The summed E-state index contributed by atoms with van der Waals surface area (Å²) in [4.78, 5) is 12.5. The summed E-state index contributed by atoms with van der Waals surface area (Å²) in [5.74, 6) is 0.424. The summed E-state index contributed by atoms with van der Waals surface area (Å²) < 4.78 is 17.0. The zero-order chi connectivity index (χ0) is 21.9. The summed E-state index contributed by atoms with van der Waals surface area (Å²) in [6.45, 7) is 8.96. The van der Waals surface area contributed by atoms with Gasteiger partial charge < -0.3 is 19.0 Å². The first kappa shape index (κ1) is 23.3. The van der Waals surface area contributed by atoms with Crippen molar-refractivity contribution < 1.29 is 19.0 Å². The van der Waals surface area contributed by atoms with Gasteiger partial charge in [0.2, 0.25) is 5.75 Å². The predicted molar refractivity (Wildman–Crippen MR) is 122 cm³/mol. The lowest BCUT2D eigenvalue weighted by Crippen LogP contribution is -2.11. The Kier molecular flexibility index (Phi) is 9.26. The third-order valence-corrected chi connectivity index (χ3v) is 4.49. The molecule has 162 valence electrons. The van der Waals surface area contributed by atoms with Crippen LogP contribution in [0.25, 0.3) is 11.0 Å². The molecule has 5 heteroatoms. The monoisotopic (exact) mass is 412 g/mol. The summed E-state index contributed by atoms with van der Waals surface area (Å²) in [5.41, 5.74) is 2.16. The average molecular weight is 413 g/mol. The molecule has 30 heavy (non-hydrogen) atoms. The van der Waals surface area contributed by atoms with Crippen LogP contribution in [-0.4, -0.2) is 18.3 Å². The number of aromatic hydroxyl groups is 1. The Bertz CT molecular complexity index is 975. The normalized spacial score (nSPS) is 11.8. The van der Waals surface area contributed by atoms with E-state index in [9.17, 15) is 9.90 Å². The maximum atomic E-state index is 12.5. The predicted octanol–water partition coefficient (Wildman–Crippen LogP) is 6.31. The fraction of sp³-hybridized carbons (Fsp3) is 0.400. The molecular weight excluding hydrogens is 380 g/mol. The lowest BCUT2D eigenvalue weighted by atomic mass is 10.1. The molecule has 1 aromatic heterocycles. The minimum Gasteiger partial charge on any atom is -0.508 e. The van der Waals surface area contributed by atoms with Crippen LogP contribution in [0.5, 0.6) is 17.2 Å². The van der Waals surface area contributed by atoms with E-state index in [1.165, 1.54) is 23.3 Å². The molecule has 0 spiro atoms. The Labute approximate surface area is 178 Å². The van der Waals surface area contributed by atoms with E-state index in [0.717, 1.165) is 19.3 Å². The van der Waals surface area contributed by atoms with Crippen molar-refractivity contribution >= 4 is 11.0 Å². The molecule has 0 amide bonds. The Hall–Kier alpha value is -2.95. The van der Waals surface area contributed by atoms with Crippen LogP contribution in [0.3, 0.4) is 0 Å². The van der Waals surface area contributed by atoms with Crippen molar-refractivity contribution in [3.63, 3.8) is 0 Å². The summed E-state index contributed by atoms with van der Waals surface area (Å²) in [5, 5.41) is 10.3. The third-order valence-electron chi connectivity index (χ3n) is 4.49. The van der Waals surface area contributed by atoms with E-state index >= 15 is 0 Å². The maximum Gasteiger partial charge on any atom is 0.383 e. The van der Waals surface area contributed by atoms with Gasteiger partial charge in [0.15, 0.2) is 5.75 Å². The quantitative estimate of drug-likeness (QED) is 0.266. The molecule has 0 aliphatic rings. The number of phenolic OH excluding ortho intramolecular Hbond substituents is 1. The largest absolute Gasteiger partial charge is 0.508 e. The van der Waals surface area contributed by atoms with E-state index in [-0.39, 0.29) is 17.1 Å². The van der Waals surface area contributed by atoms with E-state index in [2.05, 4.69) is 39.8 Å². The molecule has 0 atom stereocenters. The third kappa shape index (κ3) is 7.14. The van der Waals surface area contributed by atoms with Gasteiger partial charge in [-0.15, -0.1) is 0 Å². The van der Waals surface area contributed by atoms with Crippen LogP contribution < -0.4 is 15.1 Å². The first-order valence-corrected chi connectivity index (χ1v) is 10.4. The van der Waals surface area contributed by atoms with Crippen LogP contribution in [0.15, 0.2) is 62.9 Å². The SMILES string of the molecule is CCC=CCCOc1c(OC/C=C(\C)CCC=C(C)C)c2ccc(O)cc2oc1=O. The van der Waals surface area contributed by atoms with E-state index in [1.54, 1.807) is 6.07 Å². The van der Waals surface area contributed by atoms with E-state index in [1.807, 2.05) is 12.2 Å². The van der Waals surface area contributed by atoms with Crippen LogP contribution >= 0.6 is 0 Å². The molecule has 0 bridgehead atoms. The highest BCUT2D eigenvalue weighted by Gasteiger charge is 2.18. The van der Waals surface area contributed by atoms with Crippen molar-refractivity contribution in [3.8, 4) is 17.2 Å². The molecular formula is C25H32O5. The molecule has 1 aromatic carbocycles. The van der Waals surface area contributed by atoms with Gasteiger partial charge in [0.05, 0.1) is 12.0 Å². The Morgan fingerprint density at radius 3 is 2.60 bits per heavy atom. The zero-order valence-electron chi connectivity index (χ0n) is 18.4. The molecule has 2 rings (SSSR count). The highest BCUT2D eigenvalue weighted by atomic mass is 16.5. The molecule has 1 N–H and O–H groups in total. The lowest BCUT2D eigenvalue weighted by Gasteiger charge is -2.13. The van der Waals surface area contributed by atoms with Crippen LogP contribution in [0, 0.1) is 0 Å². The van der Waals surface area contributed by atoms with Gasteiger partial charge in [-0.3, -0.25) is 0 Å². The van der Waals surface area contributed by atoms with Gasteiger partial charge in [0, 0.05) is 6.07 Å². The number of allylic oxidation sites excluding steroid dienone is 4. The van der Waals surface area contributed by atoms with Gasteiger partial charge in [-0.1, -0.05) is 36.3 Å². The minimum atomic E-state index is -0.619. The summed E-state index contributed by atoms with van der Waals surface area (Å²) >= 11 is 0. The molecule has 2 aromatic rings. The van der Waals surface area contributed by atoms with Crippen LogP contribution in [0.2, 0.25) is 0 Å². The second-order valence-electron chi connectivity index (χ2n) is 7.43.